The molecule has 0 N–H and O–H groups in total. The van der Waals surface area contributed by atoms with E-state index in [1.807, 2.05) is 73.6 Å². The summed E-state index contributed by atoms with van der Waals surface area (Å²) in [5.41, 5.74) is 2.79. The molecule has 0 aliphatic heterocycles. The fraction of sp³-hybridized carbons (Fsp3) is 0.118. The van der Waals surface area contributed by atoms with Crippen molar-refractivity contribution < 1.29 is 4.79 Å². The highest BCUT2D eigenvalue weighted by molar-refractivity contribution is 9.10. The summed E-state index contributed by atoms with van der Waals surface area (Å²) in [7, 11) is 3.95. The first kappa shape index (κ1) is 14.5. The Bertz CT molecular complexity index is 612. The molecular weight excluding hydrogens is 314 g/mol. The van der Waals surface area contributed by atoms with Gasteiger partial charge in [0.2, 0.25) is 0 Å². The van der Waals surface area contributed by atoms with Crippen LogP contribution in [0.25, 0.3) is 6.08 Å². The van der Waals surface area contributed by atoms with Gasteiger partial charge in [-0.25, -0.2) is 0 Å². The van der Waals surface area contributed by atoms with Crippen LogP contribution in [0.4, 0.5) is 5.69 Å². The number of allylic oxidation sites excluding steroid dienone is 1. The lowest BCUT2D eigenvalue weighted by Crippen LogP contribution is -2.08. The number of carbonyl (C=O) groups is 1. The molecule has 0 saturated carbocycles. The topological polar surface area (TPSA) is 20.3 Å². The number of halogens is 1. The van der Waals surface area contributed by atoms with E-state index in [0.29, 0.717) is 5.56 Å². The molecule has 0 radical (unpaired) electrons. The summed E-state index contributed by atoms with van der Waals surface area (Å²) in [6.45, 7) is 0. The van der Waals surface area contributed by atoms with Crippen LogP contribution < -0.4 is 4.90 Å². The summed E-state index contributed by atoms with van der Waals surface area (Å²) in [5.74, 6) is 0.0122. The summed E-state index contributed by atoms with van der Waals surface area (Å²) in [4.78, 5) is 14.1. The molecule has 2 aromatic rings. The molecule has 2 nitrogen and oxygen atoms in total. The zero-order valence-corrected chi connectivity index (χ0v) is 13.1. The largest absolute Gasteiger partial charge is 0.378 e. The molecule has 0 amide bonds. The van der Waals surface area contributed by atoms with Gasteiger partial charge in [0, 0.05) is 29.8 Å². The third-order valence-electron chi connectivity index (χ3n) is 2.97. The zero-order valence-electron chi connectivity index (χ0n) is 11.5. The number of rotatable bonds is 4. The van der Waals surface area contributed by atoms with Gasteiger partial charge in [0.25, 0.3) is 0 Å². The predicted octanol–water partition coefficient (Wildman–Crippen LogP) is 4.41. The Balaban J connectivity index is 2.09. The van der Waals surface area contributed by atoms with Crippen molar-refractivity contribution in [2.24, 2.45) is 0 Å². The van der Waals surface area contributed by atoms with Gasteiger partial charge in [-0.15, -0.1) is 0 Å². The number of hydrogen-bond donors (Lipinski definition) is 0. The lowest BCUT2D eigenvalue weighted by molar-refractivity contribution is 0.104. The molecule has 3 heteroatoms. The normalized spacial score (nSPS) is 10.8. The number of ketones is 1. The van der Waals surface area contributed by atoms with E-state index >= 15 is 0 Å². The first-order valence-electron chi connectivity index (χ1n) is 6.31. The average Bonchev–Trinajstić information content (AvgIpc) is 2.46. The molecule has 0 fully saturated rings. The van der Waals surface area contributed by atoms with E-state index in [1.165, 1.54) is 0 Å². The SMILES string of the molecule is CN(C)c1ccc(C(=O)C=Cc2ccc(Br)cc2)cc1. The van der Waals surface area contributed by atoms with Crippen LogP contribution in [0.5, 0.6) is 0 Å². The maximum Gasteiger partial charge on any atom is 0.185 e. The third-order valence-corrected chi connectivity index (χ3v) is 3.49. The summed E-state index contributed by atoms with van der Waals surface area (Å²) < 4.78 is 1.03. The van der Waals surface area contributed by atoms with Gasteiger partial charge >= 0.3 is 0 Å². The first-order valence-corrected chi connectivity index (χ1v) is 7.11. The lowest BCUT2D eigenvalue weighted by Gasteiger charge is -2.11. The Morgan fingerprint density at radius 2 is 1.60 bits per heavy atom. The van der Waals surface area contributed by atoms with E-state index in [9.17, 15) is 4.79 Å². The molecule has 0 aromatic heterocycles. The highest BCUT2D eigenvalue weighted by atomic mass is 79.9. The van der Waals surface area contributed by atoms with Crippen LogP contribution in [-0.4, -0.2) is 19.9 Å². The molecule has 0 heterocycles. The van der Waals surface area contributed by atoms with Gasteiger partial charge in [-0.05, 0) is 48.0 Å². The van der Waals surface area contributed by atoms with Crippen molar-refractivity contribution in [3.05, 3.63) is 70.2 Å². The third kappa shape index (κ3) is 3.81. The first-order chi connectivity index (χ1) is 9.56. The number of anilines is 1. The molecule has 20 heavy (non-hydrogen) atoms. The standard InChI is InChI=1S/C17H16BrNO/c1-19(2)16-10-6-14(7-11-16)17(20)12-5-13-3-8-15(18)9-4-13/h3-12H,1-2H3. The van der Waals surface area contributed by atoms with Gasteiger partial charge in [-0.1, -0.05) is 34.1 Å². The number of nitrogens with zero attached hydrogens (tertiary/aromatic N) is 1. The molecule has 0 atom stereocenters. The zero-order chi connectivity index (χ0) is 14.5. The van der Waals surface area contributed by atoms with Crippen LogP contribution in [0.1, 0.15) is 15.9 Å². The highest BCUT2D eigenvalue weighted by Gasteiger charge is 2.02. The maximum atomic E-state index is 12.1. The number of hydrogen-bond acceptors (Lipinski definition) is 2. The summed E-state index contributed by atoms with van der Waals surface area (Å²) in [6, 6.07) is 15.4. The van der Waals surface area contributed by atoms with E-state index < -0.39 is 0 Å². The lowest BCUT2D eigenvalue weighted by atomic mass is 10.1. The Hall–Kier alpha value is -1.87. The van der Waals surface area contributed by atoms with Crippen molar-refractivity contribution in [1.82, 2.24) is 0 Å². The minimum atomic E-state index is 0.0122. The van der Waals surface area contributed by atoms with E-state index in [-0.39, 0.29) is 5.78 Å². The fourth-order valence-corrected chi connectivity index (χ4v) is 2.03. The molecule has 0 spiro atoms. The molecule has 2 rings (SSSR count). The molecule has 0 bridgehead atoms. The quantitative estimate of drug-likeness (QED) is 0.611. The van der Waals surface area contributed by atoms with E-state index in [1.54, 1.807) is 6.08 Å². The molecule has 2 aromatic carbocycles. The van der Waals surface area contributed by atoms with Gasteiger partial charge in [0.15, 0.2) is 5.78 Å². The van der Waals surface area contributed by atoms with Crippen LogP contribution in [0.2, 0.25) is 0 Å². The summed E-state index contributed by atoms with van der Waals surface area (Å²) >= 11 is 3.39. The van der Waals surface area contributed by atoms with Gasteiger partial charge in [-0.2, -0.15) is 0 Å². The predicted molar refractivity (Wildman–Crippen MR) is 88.3 cm³/mol. The van der Waals surface area contributed by atoms with Crippen LogP contribution in [-0.2, 0) is 0 Å². The monoisotopic (exact) mass is 329 g/mol. The van der Waals surface area contributed by atoms with Crippen molar-refractivity contribution in [2.45, 2.75) is 0 Å². The molecular formula is C17H16BrNO. The Morgan fingerprint density at radius 1 is 1.00 bits per heavy atom. The summed E-state index contributed by atoms with van der Waals surface area (Å²) in [5, 5.41) is 0. The molecule has 0 aliphatic rings. The van der Waals surface area contributed by atoms with Crippen molar-refractivity contribution in [1.29, 1.82) is 0 Å². The van der Waals surface area contributed by atoms with Gasteiger partial charge < -0.3 is 4.90 Å². The average molecular weight is 330 g/mol. The van der Waals surface area contributed by atoms with Crippen molar-refractivity contribution >= 4 is 33.5 Å². The Morgan fingerprint density at radius 3 is 2.15 bits per heavy atom. The minimum Gasteiger partial charge on any atom is -0.378 e. The second-order valence-electron chi connectivity index (χ2n) is 4.69. The second-order valence-corrected chi connectivity index (χ2v) is 5.61. The van der Waals surface area contributed by atoms with Crippen LogP contribution in [0.15, 0.2) is 59.1 Å². The molecule has 102 valence electrons. The van der Waals surface area contributed by atoms with Gasteiger partial charge in [-0.3, -0.25) is 4.79 Å². The number of benzene rings is 2. The highest BCUT2D eigenvalue weighted by Crippen LogP contribution is 2.14. The van der Waals surface area contributed by atoms with E-state index in [4.69, 9.17) is 0 Å². The van der Waals surface area contributed by atoms with Crippen molar-refractivity contribution in [2.75, 3.05) is 19.0 Å². The van der Waals surface area contributed by atoms with Crippen LogP contribution in [0.3, 0.4) is 0 Å². The van der Waals surface area contributed by atoms with Crippen molar-refractivity contribution in [3.63, 3.8) is 0 Å². The fourth-order valence-electron chi connectivity index (χ4n) is 1.77. The van der Waals surface area contributed by atoms with Crippen LogP contribution in [0, 0.1) is 0 Å². The maximum absolute atomic E-state index is 12.1. The molecule has 0 unspecified atom stereocenters. The second kappa shape index (κ2) is 6.53. The van der Waals surface area contributed by atoms with Gasteiger partial charge in [0.05, 0.1) is 0 Å². The molecule has 0 aliphatic carbocycles. The van der Waals surface area contributed by atoms with E-state index in [2.05, 4.69) is 15.9 Å². The Labute approximate surface area is 127 Å². The smallest absolute Gasteiger partial charge is 0.185 e. The Kier molecular flexibility index (Phi) is 4.74. The van der Waals surface area contributed by atoms with Crippen molar-refractivity contribution in [3.8, 4) is 0 Å². The number of carbonyl (C=O) groups excluding carboxylic acids is 1. The van der Waals surface area contributed by atoms with Gasteiger partial charge in [0.1, 0.15) is 0 Å². The van der Waals surface area contributed by atoms with Crippen LogP contribution >= 0.6 is 15.9 Å². The minimum absolute atomic E-state index is 0.0122. The van der Waals surface area contributed by atoms with E-state index in [0.717, 1.165) is 15.7 Å². The summed E-state index contributed by atoms with van der Waals surface area (Å²) in [6.07, 6.45) is 3.43. The molecule has 0 saturated heterocycles.